The maximum atomic E-state index is 12.6. The number of aryl methyl sites for hydroxylation is 1. The summed E-state index contributed by atoms with van der Waals surface area (Å²) < 4.78 is 0. The number of rotatable bonds is 2. The molecule has 2 heterocycles. The van der Waals surface area contributed by atoms with Gasteiger partial charge >= 0.3 is 0 Å². The van der Waals surface area contributed by atoms with Gasteiger partial charge in [0.05, 0.1) is 5.39 Å². The molecule has 2 aromatic heterocycles. The zero-order valence-electron chi connectivity index (χ0n) is 12.5. The molecule has 0 amide bonds. The minimum Gasteiger partial charge on any atom is -0.306 e. The van der Waals surface area contributed by atoms with E-state index >= 15 is 0 Å². The van der Waals surface area contributed by atoms with Crippen LogP contribution in [0, 0.1) is 6.92 Å². The van der Waals surface area contributed by atoms with Crippen LogP contribution in [-0.4, -0.2) is 9.97 Å². The van der Waals surface area contributed by atoms with E-state index in [1.165, 1.54) is 16.9 Å². The van der Waals surface area contributed by atoms with E-state index < -0.39 is 0 Å². The van der Waals surface area contributed by atoms with Crippen molar-refractivity contribution in [1.82, 2.24) is 9.97 Å². The number of aromatic nitrogens is 2. The van der Waals surface area contributed by atoms with Gasteiger partial charge in [-0.05, 0) is 12.5 Å². The highest BCUT2D eigenvalue weighted by molar-refractivity contribution is 7.17. The molecule has 0 bridgehead atoms. The first-order chi connectivity index (χ1) is 11.2. The molecular weight excluding hydrogens is 304 g/mol. The molecule has 1 N–H and O–H groups in total. The summed E-state index contributed by atoms with van der Waals surface area (Å²) >= 11 is 1.50. The number of benzene rings is 2. The van der Waals surface area contributed by atoms with Gasteiger partial charge in [0.15, 0.2) is 0 Å². The van der Waals surface area contributed by atoms with Crippen LogP contribution < -0.4 is 5.56 Å². The van der Waals surface area contributed by atoms with Crippen molar-refractivity contribution in [2.45, 2.75) is 6.92 Å². The predicted octanol–water partition coefficient (Wildman–Crippen LogP) is 4.63. The van der Waals surface area contributed by atoms with E-state index in [0.29, 0.717) is 11.2 Å². The van der Waals surface area contributed by atoms with E-state index in [9.17, 15) is 4.79 Å². The van der Waals surface area contributed by atoms with Crippen molar-refractivity contribution in [2.75, 3.05) is 0 Å². The van der Waals surface area contributed by atoms with Crippen LogP contribution in [0.15, 0.2) is 64.8 Å². The van der Waals surface area contributed by atoms with Crippen LogP contribution in [0.25, 0.3) is 32.7 Å². The maximum absolute atomic E-state index is 12.6. The van der Waals surface area contributed by atoms with E-state index in [1.807, 2.05) is 47.8 Å². The first-order valence-corrected chi connectivity index (χ1v) is 8.24. The average molecular weight is 318 g/mol. The van der Waals surface area contributed by atoms with Crippen LogP contribution >= 0.6 is 11.3 Å². The van der Waals surface area contributed by atoms with Crippen LogP contribution in [0.5, 0.6) is 0 Å². The Labute approximate surface area is 137 Å². The Balaban J connectivity index is 1.91. The first-order valence-electron chi connectivity index (χ1n) is 7.36. The number of thiophene rings is 1. The Morgan fingerprint density at radius 3 is 2.43 bits per heavy atom. The first kappa shape index (κ1) is 13.9. The fourth-order valence-electron chi connectivity index (χ4n) is 2.63. The minimum absolute atomic E-state index is 0.0920. The summed E-state index contributed by atoms with van der Waals surface area (Å²) in [6.07, 6.45) is 0. The lowest BCUT2D eigenvalue weighted by Crippen LogP contribution is -2.08. The van der Waals surface area contributed by atoms with Gasteiger partial charge < -0.3 is 4.98 Å². The van der Waals surface area contributed by atoms with Crippen molar-refractivity contribution in [3.63, 3.8) is 0 Å². The van der Waals surface area contributed by atoms with Gasteiger partial charge in [0, 0.05) is 16.5 Å². The smallest absolute Gasteiger partial charge is 0.260 e. The summed E-state index contributed by atoms with van der Waals surface area (Å²) in [5.74, 6) is 0.611. The summed E-state index contributed by atoms with van der Waals surface area (Å²) in [6, 6.07) is 17.9. The molecule has 0 saturated heterocycles. The summed E-state index contributed by atoms with van der Waals surface area (Å²) in [5.41, 5.74) is 4.01. The van der Waals surface area contributed by atoms with Crippen molar-refractivity contribution in [2.24, 2.45) is 0 Å². The zero-order chi connectivity index (χ0) is 15.8. The fraction of sp³-hybridized carbons (Fsp3) is 0.0526. The Morgan fingerprint density at radius 1 is 0.957 bits per heavy atom. The van der Waals surface area contributed by atoms with Crippen LogP contribution in [-0.2, 0) is 0 Å². The highest BCUT2D eigenvalue weighted by Gasteiger charge is 2.13. The Bertz CT molecular complexity index is 1030. The molecule has 4 heteroatoms. The number of nitrogens with one attached hydrogen (secondary N) is 1. The number of hydrogen-bond acceptors (Lipinski definition) is 3. The molecule has 0 unspecified atom stereocenters. The number of H-pyrrole nitrogens is 1. The van der Waals surface area contributed by atoms with Crippen LogP contribution in [0.3, 0.4) is 0 Å². The lowest BCUT2D eigenvalue weighted by atomic mass is 10.1. The molecule has 0 fully saturated rings. The second-order valence-electron chi connectivity index (χ2n) is 5.48. The number of aromatic amines is 1. The maximum Gasteiger partial charge on any atom is 0.260 e. The Kier molecular flexibility index (Phi) is 3.32. The zero-order valence-corrected chi connectivity index (χ0v) is 13.4. The molecular formula is C19H14N2OS. The summed E-state index contributed by atoms with van der Waals surface area (Å²) in [6.45, 7) is 2.05. The standard InChI is InChI=1S/C19H14N2OS/c1-12-7-9-13(10-8-12)15-11-23-19-16(15)18(22)20-17(21-19)14-5-3-2-4-6-14/h2-11H,1H3,(H,20,21,22). The van der Waals surface area contributed by atoms with Crippen LogP contribution in [0.1, 0.15) is 5.56 Å². The second-order valence-corrected chi connectivity index (χ2v) is 6.33. The van der Waals surface area contributed by atoms with E-state index in [4.69, 9.17) is 0 Å². The van der Waals surface area contributed by atoms with E-state index in [1.54, 1.807) is 0 Å². The average Bonchev–Trinajstić information content (AvgIpc) is 3.01. The molecule has 0 spiro atoms. The Hall–Kier alpha value is -2.72. The van der Waals surface area contributed by atoms with Gasteiger partial charge in [0.2, 0.25) is 0 Å². The van der Waals surface area contributed by atoms with Gasteiger partial charge in [-0.15, -0.1) is 11.3 Å². The highest BCUT2D eigenvalue weighted by Crippen LogP contribution is 2.31. The molecule has 3 nitrogen and oxygen atoms in total. The largest absolute Gasteiger partial charge is 0.306 e. The monoisotopic (exact) mass is 318 g/mol. The molecule has 0 radical (unpaired) electrons. The van der Waals surface area contributed by atoms with Gasteiger partial charge in [0.25, 0.3) is 5.56 Å². The normalized spacial score (nSPS) is 11.0. The third-order valence-electron chi connectivity index (χ3n) is 3.85. The summed E-state index contributed by atoms with van der Waals surface area (Å²) in [7, 11) is 0. The van der Waals surface area contributed by atoms with Crippen LogP contribution in [0.4, 0.5) is 0 Å². The Morgan fingerprint density at radius 2 is 1.70 bits per heavy atom. The molecule has 23 heavy (non-hydrogen) atoms. The summed E-state index contributed by atoms with van der Waals surface area (Å²) in [5, 5.41) is 2.67. The third-order valence-corrected chi connectivity index (χ3v) is 4.73. The van der Waals surface area contributed by atoms with E-state index in [-0.39, 0.29) is 5.56 Å². The van der Waals surface area contributed by atoms with Crippen molar-refractivity contribution >= 4 is 21.6 Å². The van der Waals surface area contributed by atoms with E-state index in [0.717, 1.165) is 21.5 Å². The molecule has 112 valence electrons. The minimum atomic E-state index is -0.0920. The highest BCUT2D eigenvalue weighted by atomic mass is 32.1. The SMILES string of the molecule is Cc1ccc(-c2csc3nc(-c4ccccc4)[nH]c(=O)c23)cc1. The van der Waals surface area contributed by atoms with Gasteiger partial charge in [-0.2, -0.15) is 0 Å². The van der Waals surface area contributed by atoms with Gasteiger partial charge in [0.1, 0.15) is 10.7 Å². The molecule has 4 aromatic rings. The second kappa shape index (κ2) is 5.48. The van der Waals surface area contributed by atoms with Gasteiger partial charge in [-0.1, -0.05) is 60.2 Å². The molecule has 2 aromatic carbocycles. The van der Waals surface area contributed by atoms with Crippen molar-refractivity contribution in [3.05, 3.63) is 75.9 Å². The van der Waals surface area contributed by atoms with Crippen molar-refractivity contribution < 1.29 is 0 Å². The molecule has 0 saturated carbocycles. The summed E-state index contributed by atoms with van der Waals surface area (Å²) in [4.78, 5) is 20.9. The molecule has 0 atom stereocenters. The molecule has 0 aliphatic carbocycles. The molecule has 0 aliphatic rings. The fourth-order valence-corrected chi connectivity index (χ4v) is 3.58. The number of fused-ring (bicyclic) bond motifs is 1. The van der Waals surface area contributed by atoms with Crippen LogP contribution in [0.2, 0.25) is 0 Å². The van der Waals surface area contributed by atoms with Crippen molar-refractivity contribution in [1.29, 1.82) is 0 Å². The lowest BCUT2D eigenvalue weighted by molar-refractivity contribution is 1.19. The molecule has 0 aliphatic heterocycles. The number of hydrogen-bond donors (Lipinski definition) is 1. The molecule has 4 rings (SSSR count). The quantitative estimate of drug-likeness (QED) is 0.586. The van der Waals surface area contributed by atoms with E-state index in [2.05, 4.69) is 29.0 Å². The van der Waals surface area contributed by atoms with Gasteiger partial charge in [-0.3, -0.25) is 4.79 Å². The van der Waals surface area contributed by atoms with Crippen molar-refractivity contribution in [3.8, 4) is 22.5 Å². The topological polar surface area (TPSA) is 45.8 Å². The lowest BCUT2D eigenvalue weighted by Gasteiger charge is -2.03. The van der Waals surface area contributed by atoms with Gasteiger partial charge in [-0.25, -0.2) is 4.98 Å². The number of nitrogens with zero attached hydrogens (tertiary/aromatic N) is 1. The predicted molar refractivity (Wildman–Crippen MR) is 95.8 cm³/mol. The third kappa shape index (κ3) is 2.47.